The van der Waals surface area contributed by atoms with Gasteiger partial charge in [0, 0.05) is 5.33 Å². The van der Waals surface area contributed by atoms with Gasteiger partial charge in [0.1, 0.15) is 11.9 Å². The van der Waals surface area contributed by atoms with Gasteiger partial charge >= 0.3 is 0 Å². The minimum atomic E-state index is 0.0442. The van der Waals surface area contributed by atoms with Gasteiger partial charge in [-0.05, 0) is 18.6 Å². The monoisotopic (exact) mass is 262 g/mol. The Labute approximate surface area is 92.2 Å². The Morgan fingerprint density at radius 3 is 2.69 bits per heavy atom. The van der Waals surface area contributed by atoms with Gasteiger partial charge in [0.15, 0.2) is 0 Å². The average molecular weight is 264 g/mol. The minimum absolute atomic E-state index is 0.0442. The van der Waals surface area contributed by atoms with Crippen LogP contribution in [-0.2, 0) is 0 Å². The smallest absolute Gasteiger partial charge is 0.122 e. The summed E-state index contributed by atoms with van der Waals surface area (Å²) < 4.78 is 5.66. The fourth-order valence-electron chi connectivity index (χ4n) is 0.972. The van der Waals surface area contributed by atoms with Crippen LogP contribution in [0.15, 0.2) is 24.3 Å². The average Bonchev–Trinajstić information content (AvgIpc) is 2.17. The second kappa shape index (κ2) is 5.51. The Bertz CT molecular complexity index is 261. The van der Waals surface area contributed by atoms with Crippen LogP contribution in [0.3, 0.4) is 0 Å². The number of para-hydroxylation sites is 1. The van der Waals surface area contributed by atoms with Crippen LogP contribution in [-0.4, -0.2) is 17.3 Å². The van der Waals surface area contributed by atoms with E-state index in [4.69, 9.17) is 16.3 Å². The molecule has 13 heavy (non-hydrogen) atoms. The van der Waals surface area contributed by atoms with E-state index in [1.54, 1.807) is 0 Å². The third-order valence-corrected chi connectivity index (χ3v) is 2.80. The quantitative estimate of drug-likeness (QED) is 0.757. The molecule has 1 aromatic rings. The standard InChI is InChI=1S/C10H12BrClO/c1-8-4-2-3-5-10(8)13-9(6-11)7-12/h2-5,9H,6-7H2,1H3. The Morgan fingerprint density at radius 1 is 1.46 bits per heavy atom. The van der Waals surface area contributed by atoms with Crippen LogP contribution in [0.2, 0.25) is 0 Å². The lowest BCUT2D eigenvalue weighted by Crippen LogP contribution is -2.20. The number of rotatable bonds is 4. The molecule has 1 nitrogen and oxygen atoms in total. The second-order valence-corrected chi connectivity index (χ2v) is 3.77. The molecule has 0 aliphatic carbocycles. The SMILES string of the molecule is Cc1ccccc1OC(CCl)CBr. The Hall–Kier alpha value is -0.210. The lowest BCUT2D eigenvalue weighted by Gasteiger charge is -2.15. The second-order valence-electron chi connectivity index (χ2n) is 2.81. The maximum Gasteiger partial charge on any atom is 0.122 e. The number of hydrogen-bond donors (Lipinski definition) is 0. The van der Waals surface area contributed by atoms with Gasteiger partial charge in [0.25, 0.3) is 0 Å². The minimum Gasteiger partial charge on any atom is -0.488 e. The topological polar surface area (TPSA) is 9.23 Å². The van der Waals surface area contributed by atoms with Crippen LogP contribution in [0.4, 0.5) is 0 Å². The zero-order chi connectivity index (χ0) is 9.68. The molecule has 0 saturated heterocycles. The van der Waals surface area contributed by atoms with Gasteiger partial charge in [-0.2, -0.15) is 0 Å². The van der Waals surface area contributed by atoms with Gasteiger partial charge in [-0.3, -0.25) is 0 Å². The Morgan fingerprint density at radius 2 is 2.15 bits per heavy atom. The molecule has 1 atom stereocenters. The van der Waals surface area contributed by atoms with Gasteiger partial charge in [-0.25, -0.2) is 0 Å². The molecule has 0 fully saturated rings. The van der Waals surface area contributed by atoms with E-state index in [1.165, 1.54) is 0 Å². The normalized spacial score (nSPS) is 12.5. The zero-order valence-electron chi connectivity index (χ0n) is 7.47. The molecule has 0 spiro atoms. The highest BCUT2D eigenvalue weighted by Crippen LogP contribution is 2.18. The zero-order valence-corrected chi connectivity index (χ0v) is 9.81. The molecule has 1 unspecified atom stereocenters. The van der Waals surface area contributed by atoms with Crippen molar-refractivity contribution in [3.8, 4) is 5.75 Å². The predicted molar refractivity (Wildman–Crippen MR) is 60.1 cm³/mol. The summed E-state index contributed by atoms with van der Waals surface area (Å²) in [5.74, 6) is 1.41. The van der Waals surface area contributed by atoms with Crippen LogP contribution < -0.4 is 4.74 Å². The molecule has 0 aliphatic heterocycles. The van der Waals surface area contributed by atoms with E-state index in [1.807, 2.05) is 31.2 Å². The molecule has 3 heteroatoms. The first-order chi connectivity index (χ1) is 6.27. The fraction of sp³-hybridized carbons (Fsp3) is 0.400. The highest BCUT2D eigenvalue weighted by Gasteiger charge is 2.07. The molecule has 0 N–H and O–H groups in total. The van der Waals surface area contributed by atoms with Crippen LogP contribution in [0.1, 0.15) is 5.56 Å². The summed E-state index contributed by atoms with van der Waals surface area (Å²) in [6.07, 6.45) is 0.0442. The van der Waals surface area contributed by atoms with Crippen LogP contribution in [0, 0.1) is 6.92 Å². The molecule has 72 valence electrons. The molecular weight excluding hydrogens is 251 g/mol. The largest absolute Gasteiger partial charge is 0.488 e. The van der Waals surface area contributed by atoms with Crippen LogP contribution >= 0.6 is 27.5 Å². The highest BCUT2D eigenvalue weighted by atomic mass is 79.9. The van der Waals surface area contributed by atoms with E-state index in [2.05, 4.69) is 15.9 Å². The van der Waals surface area contributed by atoms with Crippen LogP contribution in [0.5, 0.6) is 5.75 Å². The third-order valence-electron chi connectivity index (χ3n) is 1.73. The van der Waals surface area contributed by atoms with E-state index < -0.39 is 0 Å². The molecule has 0 bridgehead atoms. The summed E-state index contributed by atoms with van der Waals surface area (Å²) in [5, 5.41) is 0.755. The first-order valence-electron chi connectivity index (χ1n) is 4.12. The van der Waals surface area contributed by atoms with Crippen molar-refractivity contribution < 1.29 is 4.74 Å². The molecule has 0 heterocycles. The van der Waals surface area contributed by atoms with Gasteiger partial charge in [0.2, 0.25) is 0 Å². The summed E-state index contributed by atoms with van der Waals surface area (Å²) in [6, 6.07) is 7.93. The number of hydrogen-bond acceptors (Lipinski definition) is 1. The number of benzene rings is 1. The van der Waals surface area contributed by atoms with E-state index >= 15 is 0 Å². The lowest BCUT2D eigenvalue weighted by atomic mass is 10.2. The molecule has 0 saturated carbocycles. The Balaban J connectivity index is 2.67. The van der Waals surface area contributed by atoms with E-state index in [9.17, 15) is 0 Å². The van der Waals surface area contributed by atoms with Crippen LogP contribution in [0.25, 0.3) is 0 Å². The maximum absolute atomic E-state index is 5.71. The molecule has 1 rings (SSSR count). The van der Waals surface area contributed by atoms with Crippen molar-refractivity contribution in [2.75, 3.05) is 11.2 Å². The van der Waals surface area contributed by atoms with Crippen molar-refractivity contribution in [3.63, 3.8) is 0 Å². The molecule has 0 aromatic heterocycles. The summed E-state index contributed by atoms with van der Waals surface area (Å²) in [5.41, 5.74) is 1.14. The molecule has 0 radical (unpaired) electrons. The number of halogens is 2. The fourth-order valence-corrected chi connectivity index (χ4v) is 1.77. The molecule has 0 amide bonds. The summed E-state index contributed by atoms with van der Waals surface area (Å²) in [7, 11) is 0. The van der Waals surface area contributed by atoms with Crippen molar-refractivity contribution in [3.05, 3.63) is 29.8 Å². The van der Waals surface area contributed by atoms with E-state index in [0.29, 0.717) is 5.88 Å². The molecular formula is C10H12BrClO. The van der Waals surface area contributed by atoms with Crippen molar-refractivity contribution in [1.82, 2.24) is 0 Å². The van der Waals surface area contributed by atoms with Crippen molar-refractivity contribution in [2.45, 2.75) is 13.0 Å². The van der Waals surface area contributed by atoms with Gasteiger partial charge in [0.05, 0.1) is 5.88 Å². The lowest BCUT2D eigenvalue weighted by molar-refractivity contribution is 0.249. The highest BCUT2D eigenvalue weighted by molar-refractivity contribution is 9.09. The van der Waals surface area contributed by atoms with E-state index in [0.717, 1.165) is 16.6 Å². The predicted octanol–water partition coefficient (Wildman–Crippen LogP) is 3.38. The van der Waals surface area contributed by atoms with Crippen molar-refractivity contribution >= 4 is 27.5 Å². The first-order valence-corrected chi connectivity index (χ1v) is 5.77. The maximum atomic E-state index is 5.71. The van der Waals surface area contributed by atoms with Crippen molar-refractivity contribution in [2.24, 2.45) is 0 Å². The summed E-state index contributed by atoms with van der Waals surface area (Å²) in [6.45, 7) is 2.02. The number of ether oxygens (including phenoxy) is 1. The summed E-state index contributed by atoms with van der Waals surface area (Å²) in [4.78, 5) is 0. The number of alkyl halides is 2. The molecule has 0 aliphatic rings. The van der Waals surface area contributed by atoms with Gasteiger partial charge < -0.3 is 4.74 Å². The Kier molecular flexibility index (Phi) is 4.60. The van der Waals surface area contributed by atoms with Gasteiger partial charge in [-0.15, -0.1) is 11.6 Å². The summed E-state index contributed by atoms with van der Waals surface area (Å²) >= 11 is 9.06. The van der Waals surface area contributed by atoms with Crippen molar-refractivity contribution in [1.29, 1.82) is 0 Å². The number of aryl methyl sites for hydroxylation is 1. The van der Waals surface area contributed by atoms with Gasteiger partial charge in [-0.1, -0.05) is 34.1 Å². The first kappa shape index (κ1) is 10.9. The van der Waals surface area contributed by atoms with E-state index in [-0.39, 0.29) is 6.10 Å². The molecule has 1 aromatic carbocycles. The third kappa shape index (κ3) is 3.20.